The number of amides is 2. The topological polar surface area (TPSA) is 88.6 Å². The van der Waals surface area contributed by atoms with Crippen molar-refractivity contribution in [2.45, 2.75) is 38.6 Å². The molecule has 33 heavy (non-hydrogen) atoms. The van der Waals surface area contributed by atoms with Crippen LogP contribution in [-0.2, 0) is 0 Å². The Labute approximate surface area is 194 Å². The lowest BCUT2D eigenvalue weighted by molar-refractivity contribution is 0.246. The third-order valence-electron chi connectivity index (χ3n) is 6.08. The second-order valence-electron chi connectivity index (χ2n) is 8.56. The molecule has 8 nitrogen and oxygen atoms in total. The van der Waals surface area contributed by atoms with Gasteiger partial charge in [-0.3, -0.25) is 0 Å². The second kappa shape index (κ2) is 9.94. The molecule has 3 aromatic rings. The first-order valence-electron chi connectivity index (χ1n) is 11.3. The van der Waals surface area contributed by atoms with Crippen LogP contribution in [0, 0.1) is 0 Å². The molecule has 1 aliphatic heterocycles. The molecule has 0 unspecified atom stereocenters. The zero-order chi connectivity index (χ0) is 23.4. The van der Waals surface area contributed by atoms with Crippen LogP contribution in [0.15, 0.2) is 42.7 Å². The van der Waals surface area contributed by atoms with Crippen molar-refractivity contribution in [3.63, 3.8) is 0 Å². The Morgan fingerprint density at radius 1 is 1.03 bits per heavy atom. The summed E-state index contributed by atoms with van der Waals surface area (Å²) in [6.45, 7) is 5.88. The van der Waals surface area contributed by atoms with Crippen LogP contribution in [0.5, 0.6) is 11.5 Å². The summed E-state index contributed by atoms with van der Waals surface area (Å²) in [5, 5.41) is 6.96. The van der Waals surface area contributed by atoms with Crippen LogP contribution < -0.4 is 25.0 Å². The number of hydrogen-bond acceptors (Lipinski definition) is 6. The van der Waals surface area contributed by atoms with Crippen molar-refractivity contribution in [1.82, 2.24) is 15.3 Å². The number of nitrogens with zero attached hydrogens (tertiary/aromatic N) is 3. The number of aromatic nitrogens is 2. The smallest absolute Gasteiger partial charge is 0.319 e. The summed E-state index contributed by atoms with van der Waals surface area (Å²) in [5.41, 5.74) is 2.86. The van der Waals surface area contributed by atoms with Gasteiger partial charge in [0.2, 0.25) is 0 Å². The molecular weight excluding hydrogens is 418 g/mol. The number of benzene rings is 2. The maximum absolute atomic E-state index is 12.5. The van der Waals surface area contributed by atoms with Crippen LogP contribution in [0.2, 0.25) is 0 Å². The van der Waals surface area contributed by atoms with Crippen LogP contribution in [0.25, 0.3) is 10.9 Å². The normalized spacial score (nSPS) is 14.4. The number of hydrogen-bond donors (Lipinski definition) is 2. The lowest BCUT2D eigenvalue weighted by Crippen LogP contribution is -2.46. The number of ether oxygens (including phenoxy) is 2. The molecule has 2 amide bonds. The Kier molecular flexibility index (Phi) is 6.82. The van der Waals surface area contributed by atoms with E-state index in [1.165, 1.54) is 5.56 Å². The maximum atomic E-state index is 12.5. The van der Waals surface area contributed by atoms with Gasteiger partial charge < -0.3 is 25.0 Å². The number of methoxy groups -OCH3 is 2. The Morgan fingerprint density at radius 2 is 1.70 bits per heavy atom. The van der Waals surface area contributed by atoms with Gasteiger partial charge in [0.1, 0.15) is 12.1 Å². The molecule has 2 N–H and O–H groups in total. The summed E-state index contributed by atoms with van der Waals surface area (Å²) < 4.78 is 10.9. The minimum absolute atomic E-state index is 0.110. The van der Waals surface area contributed by atoms with Crippen molar-refractivity contribution in [1.29, 1.82) is 0 Å². The van der Waals surface area contributed by atoms with Crippen LogP contribution in [0.1, 0.15) is 38.2 Å². The molecule has 0 spiro atoms. The summed E-state index contributed by atoms with van der Waals surface area (Å²) >= 11 is 0. The number of piperidine rings is 1. The quantitative estimate of drug-likeness (QED) is 0.574. The third kappa shape index (κ3) is 5.10. The van der Waals surface area contributed by atoms with Crippen LogP contribution in [-0.4, -0.2) is 49.4 Å². The van der Waals surface area contributed by atoms with Gasteiger partial charge in [0.15, 0.2) is 11.5 Å². The fraction of sp³-hybridized carbons (Fsp3) is 0.400. The molecule has 1 saturated heterocycles. The zero-order valence-electron chi connectivity index (χ0n) is 19.6. The summed E-state index contributed by atoms with van der Waals surface area (Å²) in [6.07, 6.45) is 3.24. The molecule has 1 aromatic heterocycles. The fourth-order valence-corrected chi connectivity index (χ4v) is 4.16. The van der Waals surface area contributed by atoms with Gasteiger partial charge in [-0.1, -0.05) is 26.0 Å². The Hall–Kier alpha value is -3.55. The Morgan fingerprint density at radius 3 is 2.33 bits per heavy atom. The third-order valence-corrected chi connectivity index (χ3v) is 6.08. The molecular formula is C25H31N5O3. The van der Waals surface area contributed by atoms with E-state index in [2.05, 4.69) is 51.5 Å². The van der Waals surface area contributed by atoms with E-state index in [-0.39, 0.29) is 12.1 Å². The second-order valence-corrected chi connectivity index (χ2v) is 8.56. The van der Waals surface area contributed by atoms with E-state index in [0.29, 0.717) is 17.4 Å². The molecule has 4 rings (SSSR count). The molecule has 0 saturated carbocycles. The highest BCUT2D eigenvalue weighted by Gasteiger charge is 2.23. The van der Waals surface area contributed by atoms with E-state index in [0.717, 1.165) is 48.3 Å². The minimum atomic E-state index is -0.171. The van der Waals surface area contributed by atoms with E-state index in [9.17, 15) is 4.79 Å². The average molecular weight is 450 g/mol. The highest BCUT2D eigenvalue weighted by molar-refractivity contribution is 5.92. The van der Waals surface area contributed by atoms with Crippen molar-refractivity contribution >= 4 is 28.4 Å². The molecule has 1 aliphatic rings. The first-order valence-corrected chi connectivity index (χ1v) is 11.3. The number of anilines is 2. The maximum Gasteiger partial charge on any atom is 0.319 e. The summed E-state index contributed by atoms with van der Waals surface area (Å²) in [4.78, 5) is 23.6. The van der Waals surface area contributed by atoms with Crippen molar-refractivity contribution in [3.05, 3.63) is 48.3 Å². The molecule has 0 bridgehead atoms. The lowest BCUT2D eigenvalue weighted by Gasteiger charge is -2.33. The molecule has 1 fully saturated rings. The van der Waals surface area contributed by atoms with Gasteiger partial charge in [0.05, 0.1) is 19.7 Å². The molecule has 0 aliphatic carbocycles. The van der Waals surface area contributed by atoms with Crippen molar-refractivity contribution < 1.29 is 14.3 Å². The van der Waals surface area contributed by atoms with Gasteiger partial charge in [-0.25, -0.2) is 14.8 Å². The Balaban J connectivity index is 1.37. The van der Waals surface area contributed by atoms with Crippen molar-refractivity contribution in [3.8, 4) is 11.5 Å². The summed E-state index contributed by atoms with van der Waals surface area (Å²) in [5.74, 6) is 2.63. The number of fused-ring (bicyclic) bond motifs is 1. The average Bonchev–Trinajstić information content (AvgIpc) is 2.83. The van der Waals surface area contributed by atoms with E-state index < -0.39 is 0 Å². The van der Waals surface area contributed by atoms with Gasteiger partial charge in [0.25, 0.3) is 0 Å². The first-order chi connectivity index (χ1) is 16.0. The van der Waals surface area contributed by atoms with Gasteiger partial charge in [-0.2, -0.15) is 0 Å². The number of carbonyl (C=O) groups excluding carboxylic acids is 1. The summed E-state index contributed by atoms with van der Waals surface area (Å²) in [6, 6.07) is 11.7. The monoisotopic (exact) mass is 449 g/mol. The van der Waals surface area contributed by atoms with E-state index >= 15 is 0 Å². The molecule has 0 radical (unpaired) electrons. The largest absolute Gasteiger partial charge is 0.493 e. The predicted octanol–water partition coefficient (Wildman–Crippen LogP) is 4.56. The molecule has 2 heterocycles. The van der Waals surface area contributed by atoms with E-state index in [4.69, 9.17) is 9.47 Å². The number of rotatable bonds is 6. The highest BCUT2D eigenvalue weighted by atomic mass is 16.5. The molecule has 0 atom stereocenters. The Bertz CT molecular complexity index is 1110. The standard InChI is InChI=1S/C25H31N5O3/c1-16(2)17-5-7-18(8-6-17)28-25(31)29-19-9-11-30(12-10-19)24-20-13-22(32-3)23(33-4)14-21(20)26-15-27-24/h5-8,13-16,19H,9-12H2,1-4H3,(H2,28,29,31). The number of urea groups is 1. The number of nitrogens with one attached hydrogen (secondary N) is 2. The van der Waals surface area contributed by atoms with Crippen LogP contribution in [0.4, 0.5) is 16.3 Å². The lowest BCUT2D eigenvalue weighted by atomic mass is 10.0. The van der Waals surface area contributed by atoms with E-state index in [1.54, 1.807) is 20.5 Å². The fourth-order valence-electron chi connectivity index (χ4n) is 4.16. The van der Waals surface area contributed by atoms with E-state index in [1.807, 2.05) is 24.3 Å². The predicted molar refractivity (Wildman–Crippen MR) is 131 cm³/mol. The molecule has 174 valence electrons. The zero-order valence-corrected chi connectivity index (χ0v) is 19.6. The van der Waals surface area contributed by atoms with Gasteiger partial charge in [0, 0.05) is 36.3 Å². The van der Waals surface area contributed by atoms with Crippen LogP contribution >= 0.6 is 0 Å². The van der Waals surface area contributed by atoms with Crippen molar-refractivity contribution in [2.75, 3.05) is 37.5 Å². The molecule has 2 aromatic carbocycles. The number of carbonyl (C=O) groups is 1. The SMILES string of the molecule is COc1cc2ncnc(N3CCC(NC(=O)Nc4ccc(C(C)C)cc4)CC3)c2cc1OC. The van der Waals surface area contributed by atoms with Gasteiger partial charge in [-0.15, -0.1) is 0 Å². The van der Waals surface area contributed by atoms with Gasteiger partial charge in [-0.05, 0) is 42.5 Å². The highest BCUT2D eigenvalue weighted by Crippen LogP contribution is 2.35. The summed E-state index contributed by atoms with van der Waals surface area (Å²) in [7, 11) is 3.23. The van der Waals surface area contributed by atoms with Crippen LogP contribution in [0.3, 0.4) is 0 Å². The minimum Gasteiger partial charge on any atom is -0.493 e. The van der Waals surface area contributed by atoms with Crippen molar-refractivity contribution in [2.24, 2.45) is 0 Å². The van der Waals surface area contributed by atoms with Gasteiger partial charge >= 0.3 is 6.03 Å². The molecule has 8 heteroatoms. The first kappa shape index (κ1) is 22.6.